The monoisotopic (exact) mass is 745 g/mol. The second-order valence-electron chi connectivity index (χ2n) is 13.6. The zero-order valence-corrected chi connectivity index (χ0v) is 32.6. The van der Waals surface area contributed by atoms with Gasteiger partial charge in [-0.3, -0.25) is 13.6 Å². The number of fused-ring (bicyclic) bond motifs is 1. The number of hydrogen-bond acceptors (Lipinski definition) is 10. The number of hydrogen-bond donors (Lipinski definition) is 2. The molecular weight excluding hydrogens is 680 g/mol. The molecule has 2 aromatic rings. The van der Waals surface area contributed by atoms with Crippen molar-refractivity contribution in [3.05, 3.63) is 12.7 Å². The quantitative estimate of drug-likeness (QED) is 0.0583. The molecule has 0 spiro atoms. The van der Waals surface area contributed by atoms with Gasteiger partial charge in [0.05, 0.1) is 25.6 Å². The Morgan fingerprint density at radius 2 is 1.58 bits per heavy atom. The van der Waals surface area contributed by atoms with E-state index in [2.05, 4.69) is 35.7 Å². The van der Waals surface area contributed by atoms with Crippen LogP contribution in [0.15, 0.2) is 12.7 Å². The Hall–Kier alpha value is -1.34. The van der Waals surface area contributed by atoms with E-state index in [9.17, 15) is 13.8 Å². The van der Waals surface area contributed by atoms with Crippen LogP contribution in [0.25, 0.3) is 11.2 Å². The normalized spacial score (nSPS) is 20.4. The molecule has 1 aliphatic heterocycles. The summed E-state index contributed by atoms with van der Waals surface area (Å²) in [5, 5.41) is 0.432. The van der Waals surface area contributed by atoms with Crippen molar-refractivity contribution in [3.63, 3.8) is 0 Å². The highest BCUT2D eigenvalue weighted by Gasteiger charge is 2.39. The van der Waals surface area contributed by atoms with Crippen molar-refractivity contribution in [3.8, 4) is 0 Å². The molecule has 1 saturated heterocycles. The number of ether oxygens (including phenoxy) is 2. The fourth-order valence-electron chi connectivity index (χ4n) is 6.31. The summed E-state index contributed by atoms with van der Waals surface area (Å²) in [5.74, 6) is 1.37. The predicted molar refractivity (Wildman–Crippen MR) is 201 cm³/mol. The molecule has 0 saturated carbocycles. The fraction of sp³-hybridized carbons (Fsp3) is 0.861. The van der Waals surface area contributed by atoms with Gasteiger partial charge in [-0.05, 0) is 31.9 Å². The van der Waals surface area contributed by atoms with Crippen molar-refractivity contribution < 1.29 is 32.4 Å². The summed E-state index contributed by atoms with van der Waals surface area (Å²) >= 11 is 2.04. The van der Waals surface area contributed by atoms with Gasteiger partial charge in [-0.25, -0.2) is 23.9 Å². The molecule has 1 aliphatic rings. The van der Waals surface area contributed by atoms with Gasteiger partial charge >= 0.3 is 7.82 Å². The van der Waals surface area contributed by atoms with Gasteiger partial charge < -0.3 is 20.1 Å². The molecule has 50 heavy (non-hydrogen) atoms. The third-order valence-corrected chi connectivity index (χ3v) is 11.9. The Morgan fingerprint density at radius 1 is 0.940 bits per heavy atom. The molecule has 0 bridgehead atoms. The number of nitrogen functional groups attached to an aromatic ring is 1. The summed E-state index contributed by atoms with van der Waals surface area (Å²) in [4.78, 5) is 22.5. The van der Waals surface area contributed by atoms with E-state index in [-0.39, 0.29) is 24.9 Å². The maximum atomic E-state index is 14.8. The smallest absolute Gasteiger partial charge is 0.382 e. The van der Waals surface area contributed by atoms with Crippen LogP contribution in [-0.4, -0.2) is 73.6 Å². The van der Waals surface area contributed by atoms with Crippen LogP contribution in [-0.2, 0) is 23.1 Å². The predicted octanol–water partition coefficient (Wildman–Crippen LogP) is 9.74. The Morgan fingerprint density at radius 3 is 2.26 bits per heavy atom. The molecule has 0 amide bonds. The van der Waals surface area contributed by atoms with Crippen LogP contribution in [0.2, 0.25) is 0 Å². The third-order valence-electron chi connectivity index (χ3n) is 9.38. The van der Waals surface area contributed by atoms with Crippen molar-refractivity contribution >= 4 is 36.6 Å². The number of rotatable bonds is 30. The van der Waals surface area contributed by atoms with E-state index in [0.29, 0.717) is 29.4 Å². The lowest BCUT2D eigenvalue weighted by atomic mass is 10.1. The van der Waals surface area contributed by atoms with Crippen LogP contribution in [0.4, 0.5) is 10.2 Å². The van der Waals surface area contributed by atoms with Crippen molar-refractivity contribution in [1.82, 2.24) is 19.5 Å². The number of nitrogens with two attached hydrogens (primary N) is 1. The molecule has 11 nitrogen and oxygen atoms in total. The van der Waals surface area contributed by atoms with E-state index >= 15 is 0 Å². The minimum Gasteiger partial charge on any atom is -0.382 e. The molecule has 0 aromatic carbocycles. The summed E-state index contributed by atoms with van der Waals surface area (Å²) in [6.45, 7) is 6.64. The number of phosphoric ester groups is 1. The van der Waals surface area contributed by atoms with Gasteiger partial charge in [0.2, 0.25) is 0 Å². The molecule has 1 fully saturated rings. The van der Waals surface area contributed by atoms with Gasteiger partial charge in [0.25, 0.3) is 0 Å². The maximum absolute atomic E-state index is 14.8. The topological polar surface area (TPSA) is 144 Å². The highest BCUT2D eigenvalue weighted by Crippen LogP contribution is 2.45. The number of thioether (sulfide) groups is 1. The number of phosphoric acid groups is 1. The first-order valence-electron chi connectivity index (χ1n) is 19.3. The average molecular weight is 746 g/mol. The zero-order chi connectivity index (χ0) is 36.0. The van der Waals surface area contributed by atoms with E-state index < -0.39 is 32.9 Å². The van der Waals surface area contributed by atoms with Gasteiger partial charge in [-0.2, -0.15) is 11.8 Å². The third kappa shape index (κ3) is 16.1. The lowest BCUT2D eigenvalue weighted by Gasteiger charge is -2.24. The van der Waals surface area contributed by atoms with Crippen LogP contribution in [0.1, 0.15) is 149 Å². The average Bonchev–Trinajstić information content (AvgIpc) is 3.70. The van der Waals surface area contributed by atoms with Gasteiger partial charge in [0.1, 0.15) is 30.3 Å². The van der Waals surface area contributed by atoms with E-state index in [0.717, 1.165) is 12.2 Å². The molecule has 3 unspecified atom stereocenters. The number of aromatic nitrogens is 4. The molecule has 0 aliphatic carbocycles. The number of anilines is 1. The number of imidazole rings is 1. The summed E-state index contributed by atoms with van der Waals surface area (Å²) in [7, 11) is -4.41. The summed E-state index contributed by atoms with van der Waals surface area (Å²) in [5.41, 5.74) is 6.67. The molecule has 3 rings (SSSR count). The minimum absolute atomic E-state index is 0.00688. The Balaban J connectivity index is 1.33. The number of unbranched alkanes of at least 4 members (excludes halogenated alkanes) is 14. The molecule has 3 heterocycles. The van der Waals surface area contributed by atoms with E-state index in [1.54, 1.807) is 4.57 Å². The number of nitrogens with zero attached hydrogens (tertiary/aromatic N) is 4. The molecule has 3 N–H and O–H groups in total. The van der Waals surface area contributed by atoms with Crippen molar-refractivity contribution in [2.75, 3.05) is 31.3 Å². The van der Waals surface area contributed by atoms with Crippen molar-refractivity contribution in [2.24, 2.45) is 0 Å². The van der Waals surface area contributed by atoms with E-state index in [1.807, 2.05) is 11.8 Å². The van der Waals surface area contributed by atoms with Crippen molar-refractivity contribution in [2.45, 2.75) is 173 Å². The second-order valence-corrected chi connectivity index (χ2v) is 16.4. The van der Waals surface area contributed by atoms with Crippen LogP contribution in [0.3, 0.4) is 0 Å². The first-order chi connectivity index (χ1) is 24.3. The molecule has 2 aromatic heterocycles. The highest BCUT2D eigenvalue weighted by molar-refractivity contribution is 7.99. The Kier molecular flexibility index (Phi) is 21.4. The van der Waals surface area contributed by atoms with E-state index in [1.165, 1.54) is 115 Å². The van der Waals surface area contributed by atoms with Crippen LogP contribution in [0, 0.1) is 0 Å². The number of halogens is 1. The van der Waals surface area contributed by atoms with E-state index in [4.69, 9.17) is 24.3 Å². The van der Waals surface area contributed by atoms with Crippen molar-refractivity contribution in [1.29, 1.82) is 0 Å². The van der Waals surface area contributed by atoms with Gasteiger partial charge in [0.15, 0.2) is 11.5 Å². The largest absolute Gasteiger partial charge is 0.472 e. The molecule has 288 valence electrons. The summed E-state index contributed by atoms with van der Waals surface area (Å²) in [6.07, 6.45) is 22.3. The first-order valence-corrected chi connectivity index (χ1v) is 21.9. The SMILES string of the molecule is CCCCCCCCCCCSC(CCCCCCCCC)C(C)OCCCOP(=O)(O)OC[C@H]1O[C@@H](n2cnc3c(N)ncnc32)C[C@@H]1F. The number of alkyl halides is 1. The Bertz CT molecular complexity index is 1230. The van der Waals surface area contributed by atoms with Gasteiger partial charge in [-0.1, -0.05) is 110 Å². The Labute approximate surface area is 304 Å². The standard InChI is InChI=1S/C36H65FN5O6PS/c1-4-6-8-10-12-13-15-17-19-24-50-32(21-18-16-14-11-9-7-5-2)29(3)45-22-20-23-46-49(43,44)47-26-31-30(37)25-33(48-31)42-28-41-34-35(38)39-27-40-36(34)42/h27-33H,4-26H2,1-3H3,(H,43,44)(H2,38,39,40)/t29?,30-,31+,32?,33+/m0/s1. The lowest BCUT2D eigenvalue weighted by Crippen LogP contribution is -2.25. The fourth-order valence-corrected chi connectivity index (χ4v) is 8.44. The van der Waals surface area contributed by atoms with Crippen LogP contribution in [0.5, 0.6) is 0 Å². The molecule has 14 heteroatoms. The maximum Gasteiger partial charge on any atom is 0.472 e. The molecule has 0 radical (unpaired) electrons. The van der Waals surface area contributed by atoms with Gasteiger partial charge in [-0.15, -0.1) is 0 Å². The first kappa shape index (κ1) is 43.1. The van der Waals surface area contributed by atoms with Gasteiger partial charge in [0, 0.05) is 18.3 Å². The highest BCUT2D eigenvalue weighted by atomic mass is 32.2. The van der Waals surface area contributed by atoms with Crippen LogP contribution >= 0.6 is 19.6 Å². The lowest BCUT2D eigenvalue weighted by molar-refractivity contribution is -0.0338. The molecular formula is C36H65FN5O6PS. The zero-order valence-electron chi connectivity index (χ0n) is 30.9. The van der Waals surface area contributed by atoms with Crippen LogP contribution < -0.4 is 5.73 Å². The summed E-state index contributed by atoms with van der Waals surface area (Å²) < 4.78 is 51.2. The molecule has 6 atom stereocenters. The summed E-state index contributed by atoms with van der Waals surface area (Å²) in [6, 6.07) is 0. The minimum atomic E-state index is -4.41. The second kappa shape index (κ2) is 24.8.